The Bertz CT molecular complexity index is 5330. The lowest BCUT2D eigenvalue weighted by Crippen LogP contribution is -2.42. The number of aliphatic hydroxyl groups excluding tert-OH is 3. The highest BCUT2D eigenvalue weighted by atomic mass is 32.2. The van der Waals surface area contributed by atoms with Gasteiger partial charge >= 0.3 is 0 Å². The molecule has 5 heterocycles. The van der Waals surface area contributed by atoms with Crippen LogP contribution >= 0.6 is 0 Å². The van der Waals surface area contributed by atoms with E-state index in [1.165, 1.54) is 11.1 Å². The first-order valence-electron chi connectivity index (χ1n) is 41.5. The molecule has 116 heavy (non-hydrogen) atoms. The molecule has 13 nitrogen and oxygen atoms in total. The molecule has 0 radical (unpaired) electrons. The Kier molecular flexibility index (Phi) is 29.9. The van der Waals surface area contributed by atoms with E-state index in [0.717, 1.165) is 97.6 Å². The van der Waals surface area contributed by atoms with Crippen molar-refractivity contribution in [1.29, 1.82) is 0 Å². The summed E-state index contributed by atoms with van der Waals surface area (Å²) in [7, 11) is -16.7. The molecule has 0 unspecified atom stereocenters. The maximum absolute atomic E-state index is 13.2. The number of benzene rings is 10. The smallest absolute Gasteiger partial charge is 0.179 e. The highest BCUT2D eigenvalue weighted by molar-refractivity contribution is 7.92. The molecular formula is C98H116O13S5. The Morgan fingerprint density at radius 1 is 0.310 bits per heavy atom. The SMILES string of the molecule is CCCC[C@@]1(CC)CS(=O)(=O)c2ccccc2[C@@H](c2ccccc2)[C@@H]1O.CCCC[C@@]1(CC)C[C@H](c2ccccc2)c2ccccc2S(=O)(=O)C1.CC[C@@H]1CS(=O)(=O)c2ccccc2[C@@H](c2ccccc2)[C@H]1O.CC[C@@H]1CS(=O)(=O)c2ccccc2[C@H](c2ccccc2)[C@H]1O.CC[C@H]1C[C@@H](c2ccccc2)c2ccccc2S(=O)(=O)C1. The van der Waals surface area contributed by atoms with Gasteiger partial charge in [0.05, 0.1) is 71.6 Å². The van der Waals surface area contributed by atoms with Crippen molar-refractivity contribution < 1.29 is 57.4 Å². The van der Waals surface area contributed by atoms with Crippen molar-refractivity contribution in [2.24, 2.45) is 28.6 Å². The highest BCUT2D eigenvalue weighted by Gasteiger charge is 2.50. The van der Waals surface area contributed by atoms with Crippen molar-refractivity contribution in [1.82, 2.24) is 0 Å². The molecule has 5 aliphatic rings. The number of sulfone groups is 5. The highest BCUT2D eigenvalue weighted by Crippen LogP contribution is 2.52. The summed E-state index contributed by atoms with van der Waals surface area (Å²) in [6, 6.07) is 86.3. The summed E-state index contributed by atoms with van der Waals surface area (Å²) in [6.45, 7) is 14.4. The molecule has 10 aromatic rings. The number of rotatable bonds is 16. The number of unbranched alkanes of at least 4 members (excludes halogenated alkanes) is 2. The number of fused-ring (bicyclic) bond motifs is 5. The van der Waals surface area contributed by atoms with Gasteiger partial charge in [0.15, 0.2) is 49.2 Å². The topological polar surface area (TPSA) is 231 Å². The van der Waals surface area contributed by atoms with E-state index in [1.54, 1.807) is 48.5 Å². The fourth-order valence-electron chi connectivity index (χ4n) is 18.6. The van der Waals surface area contributed by atoms with E-state index in [0.29, 0.717) is 54.9 Å². The molecule has 15 rings (SSSR count). The molecule has 0 fully saturated rings. The van der Waals surface area contributed by atoms with E-state index < -0.39 is 72.9 Å². The Morgan fingerprint density at radius 2 is 0.621 bits per heavy atom. The zero-order valence-corrected chi connectivity index (χ0v) is 72.1. The van der Waals surface area contributed by atoms with Gasteiger partial charge in [0, 0.05) is 35.0 Å². The van der Waals surface area contributed by atoms with E-state index in [9.17, 15) is 57.4 Å². The minimum atomic E-state index is -3.46. The Morgan fingerprint density at radius 3 is 1.01 bits per heavy atom. The molecule has 5 aliphatic heterocycles. The summed E-state index contributed by atoms with van der Waals surface area (Å²) >= 11 is 0. The second kappa shape index (κ2) is 39.1. The molecule has 13 atom stereocenters. The number of hydrogen-bond acceptors (Lipinski definition) is 13. The molecule has 0 aromatic heterocycles. The van der Waals surface area contributed by atoms with Crippen molar-refractivity contribution >= 4 is 49.2 Å². The maximum Gasteiger partial charge on any atom is 0.179 e. The van der Waals surface area contributed by atoms with Gasteiger partial charge in [-0.2, -0.15) is 0 Å². The van der Waals surface area contributed by atoms with Crippen molar-refractivity contribution in [3.63, 3.8) is 0 Å². The van der Waals surface area contributed by atoms with Crippen LogP contribution in [0.2, 0.25) is 0 Å². The summed E-state index contributed by atoms with van der Waals surface area (Å²) in [5, 5.41) is 33.3. The predicted octanol–water partition coefficient (Wildman–Crippen LogP) is 20.1. The van der Waals surface area contributed by atoms with Crippen LogP contribution in [0.3, 0.4) is 0 Å². The van der Waals surface area contributed by atoms with Crippen molar-refractivity contribution in [3.8, 4) is 0 Å². The molecule has 18 heteroatoms. The molecular weight excluding hydrogens is 1550 g/mol. The van der Waals surface area contributed by atoms with Crippen LogP contribution in [0.15, 0.2) is 297 Å². The third-order valence-electron chi connectivity index (χ3n) is 25.2. The van der Waals surface area contributed by atoms with Crippen molar-refractivity contribution in [2.45, 2.75) is 204 Å². The molecule has 0 amide bonds. The molecule has 3 N–H and O–H groups in total. The quantitative estimate of drug-likeness (QED) is 0.0818. The van der Waals surface area contributed by atoms with Crippen LogP contribution in [-0.2, 0) is 49.2 Å². The van der Waals surface area contributed by atoms with Crippen LogP contribution in [0.5, 0.6) is 0 Å². The van der Waals surface area contributed by atoms with Crippen LogP contribution in [-0.4, -0.2) is 104 Å². The molecule has 0 saturated heterocycles. The lowest BCUT2D eigenvalue weighted by atomic mass is 9.69. The third-order valence-corrected chi connectivity index (χ3v) is 35.0. The third kappa shape index (κ3) is 20.1. The van der Waals surface area contributed by atoms with Crippen LogP contribution in [0.1, 0.15) is 217 Å². The van der Waals surface area contributed by atoms with Gasteiger partial charge in [-0.05, 0) is 161 Å². The van der Waals surface area contributed by atoms with Crippen LogP contribution in [0.25, 0.3) is 0 Å². The van der Waals surface area contributed by atoms with Gasteiger partial charge in [-0.15, -0.1) is 0 Å². The second-order valence-electron chi connectivity index (χ2n) is 32.4. The Hall–Kier alpha value is -8.17. The van der Waals surface area contributed by atoms with Crippen molar-refractivity contribution in [2.75, 3.05) is 28.8 Å². The van der Waals surface area contributed by atoms with Crippen LogP contribution in [0.4, 0.5) is 0 Å². The fraction of sp³-hybridized carbons (Fsp3) is 0.388. The van der Waals surface area contributed by atoms with Gasteiger partial charge in [-0.3, -0.25) is 0 Å². The predicted molar refractivity (Wildman–Crippen MR) is 467 cm³/mol. The Balaban J connectivity index is 0.000000143. The number of aliphatic hydroxyl groups is 3. The molecule has 616 valence electrons. The molecule has 10 aromatic carbocycles. The Labute approximate surface area is 691 Å². The van der Waals surface area contributed by atoms with E-state index in [4.69, 9.17) is 0 Å². The molecule has 0 saturated carbocycles. The lowest BCUT2D eigenvalue weighted by molar-refractivity contribution is 0.0174. The maximum atomic E-state index is 13.2. The van der Waals surface area contributed by atoms with Crippen LogP contribution < -0.4 is 0 Å². The van der Waals surface area contributed by atoms with E-state index in [-0.39, 0.29) is 81.5 Å². The van der Waals surface area contributed by atoms with Crippen LogP contribution in [0, 0.1) is 28.6 Å². The minimum absolute atomic E-state index is 0.00497. The summed E-state index contributed by atoms with van der Waals surface area (Å²) in [6.07, 6.45) is 9.17. The lowest BCUT2D eigenvalue weighted by Gasteiger charge is -2.39. The van der Waals surface area contributed by atoms with E-state index >= 15 is 0 Å². The minimum Gasteiger partial charge on any atom is -0.392 e. The second-order valence-corrected chi connectivity index (χ2v) is 42.3. The molecule has 0 bridgehead atoms. The fourth-order valence-corrected chi connectivity index (χ4v) is 29.2. The van der Waals surface area contributed by atoms with Gasteiger partial charge in [-0.25, -0.2) is 42.1 Å². The van der Waals surface area contributed by atoms with Gasteiger partial charge in [0.1, 0.15) is 0 Å². The first kappa shape index (κ1) is 88.6. The first-order valence-corrected chi connectivity index (χ1v) is 49.8. The van der Waals surface area contributed by atoms with E-state index in [2.05, 4.69) is 64.1 Å². The standard InChI is InChI=1S/C22H28O3S.C22H28O2S.2C18H20O3S.C18H20O2S/c1-3-5-15-22(4-2)16-26(24,25)19-14-10-9-13-18(19)20(21(22)23)17-11-7-6-8-12-17;1-3-5-15-22(4-2)16-20(18-11-7-6-8-12-18)19-13-9-10-14-21(19)25(23,24)17-22;2*1-2-13-12-22(20,21)16-11-7-6-10-15(16)17(18(13)19)14-8-4-3-5-9-14;1-2-14-12-17(15-8-4-3-5-9-15)16-10-6-7-11-18(16)21(19,20)13-14/h6-14,20-21,23H,3-5,15-16H2,1-2H3;6-14,20H,3-5,15-17H2,1-2H3;2*3-11,13,17-19H,2,12H2,1H3;3-11,14,17H,2,12-13H2,1H3/t20-,21+,22+;20-,22+;13-,17+,18+;13-,17-,18+;14-,17-/m11110/s1. The monoisotopic (exact) mass is 1660 g/mol. The summed E-state index contributed by atoms with van der Waals surface area (Å²) in [4.78, 5) is 2.16. The van der Waals surface area contributed by atoms with Gasteiger partial charge in [-0.1, -0.05) is 323 Å². The van der Waals surface area contributed by atoms with Gasteiger partial charge in [0.2, 0.25) is 0 Å². The zero-order valence-electron chi connectivity index (χ0n) is 68.0. The molecule has 0 spiro atoms. The average Bonchev–Trinajstić information content (AvgIpc) is 1.60. The number of hydrogen-bond donors (Lipinski definition) is 3. The first-order chi connectivity index (χ1) is 55.7. The summed E-state index contributed by atoms with van der Waals surface area (Å²) in [5.41, 5.74) is 8.60. The van der Waals surface area contributed by atoms with Gasteiger partial charge in [0.25, 0.3) is 0 Å². The zero-order chi connectivity index (χ0) is 83.1. The largest absolute Gasteiger partial charge is 0.392 e. The van der Waals surface area contributed by atoms with Crippen molar-refractivity contribution in [3.05, 3.63) is 329 Å². The summed E-state index contributed by atoms with van der Waals surface area (Å²) in [5.74, 6) is -0.371. The normalized spacial score (nSPS) is 26.1. The molecule has 0 aliphatic carbocycles. The van der Waals surface area contributed by atoms with Gasteiger partial charge < -0.3 is 15.3 Å². The van der Waals surface area contributed by atoms with E-state index in [1.807, 2.05) is 209 Å². The summed E-state index contributed by atoms with van der Waals surface area (Å²) < 4.78 is 129. The average molecular weight is 1660 g/mol.